The molecule has 160 valence electrons. The summed E-state index contributed by atoms with van der Waals surface area (Å²) >= 11 is 0. The van der Waals surface area contributed by atoms with E-state index in [-0.39, 0.29) is 0 Å². The first kappa shape index (κ1) is 24.0. The van der Waals surface area contributed by atoms with Gasteiger partial charge in [-0.15, -0.1) is 0 Å². The Balaban J connectivity index is 3.31. The molecule has 0 aliphatic carbocycles. The number of esters is 3. The van der Waals surface area contributed by atoms with Crippen molar-refractivity contribution in [2.45, 2.75) is 57.7 Å². The Morgan fingerprint density at radius 2 is 1.29 bits per heavy atom. The number of carboxylic acid groups (broad SMARTS) is 1. The van der Waals surface area contributed by atoms with Gasteiger partial charge in [-0.05, 0) is 0 Å². The summed E-state index contributed by atoms with van der Waals surface area (Å²) in [7, 11) is -4.96. The van der Waals surface area contributed by atoms with Crippen molar-refractivity contribution in [2.24, 2.45) is 0 Å². The van der Waals surface area contributed by atoms with Gasteiger partial charge in [-0.25, -0.2) is 4.57 Å². The van der Waals surface area contributed by atoms with Crippen LogP contribution in [-0.2, 0) is 47.2 Å². The number of rotatable bonds is 8. The van der Waals surface area contributed by atoms with Crippen LogP contribution < -0.4 is 0 Å². The second-order valence-electron chi connectivity index (χ2n) is 5.82. The molecule has 0 aromatic rings. The summed E-state index contributed by atoms with van der Waals surface area (Å²) in [5.74, 6) is -3.95. The minimum Gasteiger partial charge on any atom is -0.481 e. The van der Waals surface area contributed by atoms with Gasteiger partial charge in [0.15, 0.2) is 18.3 Å². The van der Waals surface area contributed by atoms with Gasteiger partial charge >= 0.3 is 31.7 Å². The van der Waals surface area contributed by atoms with Gasteiger partial charge in [0.2, 0.25) is 0 Å². The van der Waals surface area contributed by atoms with Gasteiger partial charge in [0.05, 0.1) is 13.0 Å². The number of hydrogen-bond donors (Lipinski definition) is 3. The summed E-state index contributed by atoms with van der Waals surface area (Å²) < 4.78 is 35.9. The molecule has 1 rings (SSSR count). The van der Waals surface area contributed by atoms with Gasteiger partial charge < -0.3 is 33.8 Å². The lowest BCUT2D eigenvalue weighted by atomic mass is 9.92. The maximum Gasteiger partial charge on any atom is 0.469 e. The Morgan fingerprint density at radius 1 is 0.857 bits per heavy atom. The fourth-order valence-corrected chi connectivity index (χ4v) is 2.97. The molecule has 0 aromatic carbocycles. The van der Waals surface area contributed by atoms with Gasteiger partial charge in [-0.1, -0.05) is 0 Å². The monoisotopic (exact) mass is 428 g/mol. The topological polar surface area (TPSA) is 192 Å². The summed E-state index contributed by atoms with van der Waals surface area (Å²) in [6.07, 6.45) is -8.00. The van der Waals surface area contributed by atoms with Crippen molar-refractivity contribution in [1.82, 2.24) is 0 Å². The van der Waals surface area contributed by atoms with Crippen LogP contribution in [0.4, 0.5) is 0 Å². The molecular weight excluding hydrogens is 407 g/mol. The third-order valence-corrected chi connectivity index (χ3v) is 3.90. The third-order valence-electron chi connectivity index (χ3n) is 3.42. The molecular formula is C14H21O13P. The van der Waals surface area contributed by atoms with Crippen molar-refractivity contribution in [1.29, 1.82) is 0 Å². The van der Waals surface area contributed by atoms with E-state index in [1.54, 1.807) is 0 Å². The molecule has 0 bridgehead atoms. The molecule has 13 nitrogen and oxygen atoms in total. The lowest BCUT2D eigenvalue weighted by molar-refractivity contribution is -0.251. The van der Waals surface area contributed by atoms with Crippen molar-refractivity contribution in [3.63, 3.8) is 0 Å². The van der Waals surface area contributed by atoms with E-state index in [0.717, 1.165) is 20.8 Å². The summed E-state index contributed by atoms with van der Waals surface area (Å²) in [6.45, 7) is 2.21. The minimum absolute atomic E-state index is 0.713. The molecule has 1 aliphatic rings. The highest BCUT2D eigenvalue weighted by Gasteiger charge is 2.52. The zero-order chi connectivity index (χ0) is 21.6. The highest BCUT2D eigenvalue weighted by atomic mass is 31.2. The highest BCUT2D eigenvalue weighted by molar-refractivity contribution is 7.46. The first-order valence-electron chi connectivity index (χ1n) is 7.89. The van der Waals surface area contributed by atoms with Crippen molar-refractivity contribution in [3.8, 4) is 0 Å². The van der Waals surface area contributed by atoms with Crippen LogP contribution in [0.2, 0.25) is 0 Å². The minimum atomic E-state index is -4.96. The average molecular weight is 428 g/mol. The van der Waals surface area contributed by atoms with E-state index in [4.69, 9.17) is 33.8 Å². The molecule has 0 radical (unpaired) electrons. The lowest BCUT2D eigenvalue weighted by Gasteiger charge is -2.44. The fraction of sp³-hybridized carbons (Fsp3) is 0.714. The van der Waals surface area contributed by atoms with Gasteiger partial charge in [0.25, 0.3) is 0 Å². The number of carboxylic acids is 1. The van der Waals surface area contributed by atoms with E-state index >= 15 is 0 Å². The normalized spacial score (nSPS) is 27.5. The Morgan fingerprint density at radius 3 is 1.68 bits per heavy atom. The Labute approximate surface area is 159 Å². The van der Waals surface area contributed by atoms with Crippen LogP contribution in [0.3, 0.4) is 0 Å². The summed E-state index contributed by atoms with van der Waals surface area (Å²) in [6, 6.07) is 0. The number of carbonyl (C=O) groups is 4. The van der Waals surface area contributed by atoms with E-state index in [1.807, 2.05) is 0 Å². The molecule has 28 heavy (non-hydrogen) atoms. The smallest absolute Gasteiger partial charge is 0.469 e. The molecule has 0 spiro atoms. The number of hydrogen-bond acceptors (Lipinski definition) is 10. The zero-order valence-electron chi connectivity index (χ0n) is 15.2. The SMILES string of the molecule is CC(=O)OC1C(COP(=O)(O)O)OC(CC(=O)O)C(OC(C)=O)C1OC(C)=O. The fourth-order valence-electron chi connectivity index (χ4n) is 2.63. The second kappa shape index (κ2) is 9.94. The standard InChI is InChI=1S/C14H21O13P/c1-6(15)24-12-9(4-11(18)19)27-10(5-23-28(20,21)22)13(25-7(2)16)14(12)26-8(3)17/h9-10,12-14H,4-5H2,1-3H3,(H,18,19)(H2,20,21,22). The molecule has 5 atom stereocenters. The number of aliphatic carboxylic acids is 1. The Kier molecular flexibility index (Phi) is 8.51. The lowest BCUT2D eigenvalue weighted by Crippen LogP contribution is -2.62. The number of ether oxygens (including phenoxy) is 4. The molecule has 14 heteroatoms. The largest absolute Gasteiger partial charge is 0.481 e. The molecule has 0 amide bonds. The molecule has 3 N–H and O–H groups in total. The first-order chi connectivity index (χ1) is 12.8. The van der Waals surface area contributed by atoms with Crippen LogP contribution >= 0.6 is 7.82 Å². The maximum absolute atomic E-state index is 11.5. The predicted octanol–water partition coefficient (Wildman–Crippen LogP) is -0.867. The molecule has 0 saturated carbocycles. The quantitative estimate of drug-likeness (QED) is 0.246. The van der Waals surface area contributed by atoms with Crippen molar-refractivity contribution in [2.75, 3.05) is 6.61 Å². The zero-order valence-corrected chi connectivity index (χ0v) is 16.1. The molecule has 0 aromatic heterocycles. The Bertz CT molecular complexity index is 656. The van der Waals surface area contributed by atoms with Gasteiger partial charge in [-0.2, -0.15) is 0 Å². The van der Waals surface area contributed by atoms with Crippen LogP contribution in [0.15, 0.2) is 0 Å². The number of phosphoric acid groups is 1. The molecule has 1 fully saturated rings. The summed E-state index contributed by atoms with van der Waals surface area (Å²) in [5, 5.41) is 9.07. The van der Waals surface area contributed by atoms with E-state index < -0.39 is 75.2 Å². The van der Waals surface area contributed by atoms with Crippen LogP contribution in [0.5, 0.6) is 0 Å². The van der Waals surface area contributed by atoms with E-state index in [1.165, 1.54) is 0 Å². The van der Waals surface area contributed by atoms with E-state index in [9.17, 15) is 23.7 Å². The second-order valence-corrected chi connectivity index (χ2v) is 7.06. The molecule has 1 saturated heterocycles. The molecule has 5 unspecified atom stereocenters. The first-order valence-corrected chi connectivity index (χ1v) is 9.42. The number of carbonyl (C=O) groups excluding carboxylic acids is 3. The van der Waals surface area contributed by atoms with Gasteiger partial charge in [0, 0.05) is 20.8 Å². The van der Waals surface area contributed by atoms with E-state index in [2.05, 4.69) is 4.52 Å². The molecule has 1 heterocycles. The van der Waals surface area contributed by atoms with Crippen LogP contribution in [0, 0.1) is 0 Å². The van der Waals surface area contributed by atoms with Crippen molar-refractivity contribution in [3.05, 3.63) is 0 Å². The summed E-state index contributed by atoms with van der Waals surface area (Å²) in [4.78, 5) is 63.3. The van der Waals surface area contributed by atoms with Gasteiger partial charge in [-0.3, -0.25) is 23.7 Å². The highest BCUT2D eigenvalue weighted by Crippen LogP contribution is 2.38. The Hall–Kier alpha value is -2.05. The van der Waals surface area contributed by atoms with Crippen molar-refractivity contribution < 1.29 is 62.1 Å². The molecule has 1 aliphatic heterocycles. The van der Waals surface area contributed by atoms with Gasteiger partial charge in [0.1, 0.15) is 12.2 Å². The average Bonchev–Trinajstić information content (AvgIpc) is 2.48. The third kappa shape index (κ3) is 7.90. The number of phosphoric ester groups is 1. The van der Waals surface area contributed by atoms with E-state index in [0.29, 0.717) is 0 Å². The van der Waals surface area contributed by atoms with Crippen LogP contribution in [0.25, 0.3) is 0 Å². The maximum atomic E-state index is 11.5. The van der Waals surface area contributed by atoms with Crippen molar-refractivity contribution >= 4 is 31.7 Å². The summed E-state index contributed by atoms with van der Waals surface area (Å²) in [5.41, 5.74) is 0. The van der Waals surface area contributed by atoms with Crippen LogP contribution in [-0.4, -0.2) is 75.9 Å². The van der Waals surface area contributed by atoms with Crippen LogP contribution in [0.1, 0.15) is 27.2 Å². The predicted molar refractivity (Wildman–Crippen MR) is 85.6 cm³/mol.